The number of rotatable bonds is 1. The SMILES string of the molecule is N#Cc1ccc(-c2c[nH][c]n2)cc1. The Hall–Kier alpha value is -2.08. The number of aromatic amines is 1. The molecule has 1 aromatic heterocycles. The van der Waals surface area contributed by atoms with Gasteiger partial charge in [-0.15, -0.1) is 0 Å². The van der Waals surface area contributed by atoms with E-state index in [0.717, 1.165) is 11.3 Å². The molecule has 0 fully saturated rings. The number of nitrogens with zero attached hydrogens (tertiary/aromatic N) is 2. The minimum Gasteiger partial charge on any atom is -0.341 e. The van der Waals surface area contributed by atoms with E-state index in [1.165, 1.54) is 0 Å². The largest absolute Gasteiger partial charge is 0.341 e. The first-order chi connectivity index (χ1) is 6.40. The first-order valence-electron chi connectivity index (χ1n) is 3.82. The minimum absolute atomic E-state index is 0.656. The van der Waals surface area contributed by atoms with Gasteiger partial charge in [0, 0.05) is 11.8 Å². The van der Waals surface area contributed by atoms with Gasteiger partial charge in [-0.3, -0.25) is 0 Å². The van der Waals surface area contributed by atoms with Gasteiger partial charge in [-0.2, -0.15) is 5.26 Å². The van der Waals surface area contributed by atoms with E-state index in [4.69, 9.17) is 5.26 Å². The van der Waals surface area contributed by atoms with Crippen molar-refractivity contribution in [3.8, 4) is 17.3 Å². The topological polar surface area (TPSA) is 52.5 Å². The first kappa shape index (κ1) is 7.56. The predicted molar refractivity (Wildman–Crippen MR) is 47.6 cm³/mol. The summed E-state index contributed by atoms with van der Waals surface area (Å²) in [7, 11) is 0. The van der Waals surface area contributed by atoms with Gasteiger partial charge < -0.3 is 4.98 Å². The van der Waals surface area contributed by atoms with Gasteiger partial charge in [0.25, 0.3) is 0 Å². The Morgan fingerprint density at radius 3 is 2.62 bits per heavy atom. The number of imidazole rings is 1. The Balaban J connectivity index is 2.40. The van der Waals surface area contributed by atoms with Gasteiger partial charge in [-0.25, -0.2) is 4.98 Å². The van der Waals surface area contributed by atoms with E-state index in [9.17, 15) is 0 Å². The molecule has 0 unspecified atom stereocenters. The van der Waals surface area contributed by atoms with E-state index < -0.39 is 0 Å². The molecule has 1 N–H and O–H groups in total. The molecule has 61 valence electrons. The molecule has 0 aliphatic heterocycles. The molecule has 0 aliphatic rings. The van der Waals surface area contributed by atoms with Crippen LogP contribution in [0.1, 0.15) is 5.56 Å². The maximum absolute atomic E-state index is 8.58. The van der Waals surface area contributed by atoms with E-state index in [1.807, 2.05) is 12.1 Å². The molecular formula is C10H6N3. The average molecular weight is 168 g/mol. The van der Waals surface area contributed by atoms with Gasteiger partial charge in [-0.1, -0.05) is 12.1 Å². The monoisotopic (exact) mass is 168 g/mol. The van der Waals surface area contributed by atoms with Crippen LogP contribution in [0.3, 0.4) is 0 Å². The molecule has 1 aromatic carbocycles. The van der Waals surface area contributed by atoms with Crippen LogP contribution in [-0.4, -0.2) is 9.97 Å². The summed E-state index contributed by atoms with van der Waals surface area (Å²) in [5.41, 5.74) is 2.48. The van der Waals surface area contributed by atoms with Crippen molar-refractivity contribution in [2.24, 2.45) is 0 Å². The Bertz CT molecular complexity index is 420. The number of benzene rings is 1. The summed E-state index contributed by atoms with van der Waals surface area (Å²) in [4.78, 5) is 6.73. The Morgan fingerprint density at radius 1 is 1.31 bits per heavy atom. The summed E-state index contributed by atoms with van der Waals surface area (Å²) in [6.45, 7) is 0. The number of H-pyrrole nitrogens is 1. The van der Waals surface area contributed by atoms with Crippen molar-refractivity contribution in [2.45, 2.75) is 0 Å². The van der Waals surface area contributed by atoms with Crippen LogP contribution in [0.5, 0.6) is 0 Å². The molecule has 0 saturated heterocycles. The van der Waals surface area contributed by atoms with Crippen molar-refractivity contribution in [2.75, 3.05) is 0 Å². The van der Waals surface area contributed by atoms with E-state index >= 15 is 0 Å². The van der Waals surface area contributed by atoms with Crippen molar-refractivity contribution in [1.29, 1.82) is 5.26 Å². The Kier molecular flexibility index (Phi) is 1.81. The van der Waals surface area contributed by atoms with Crippen LogP contribution in [0.2, 0.25) is 0 Å². The third kappa shape index (κ3) is 1.42. The second kappa shape index (κ2) is 3.11. The van der Waals surface area contributed by atoms with Gasteiger partial charge in [0.05, 0.1) is 17.3 Å². The van der Waals surface area contributed by atoms with Gasteiger partial charge in [0.1, 0.15) is 0 Å². The molecule has 3 heteroatoms. The Labute approximate surface area is 75.7 Å². The highest BCUT2D eigenvalue weighted by atomic mass is 14.9. The van der Waals surface area contributed by atoms with Crippen LogP contribution in [0.25, 0.3) is 11.3 Å². The van der Waals surface area contributed by atoms with Gasteiger partial charge in [0.2, 0.25) is 0 Å². The molecule has 0 bridgehead atoms. The van der Waals surface area contributed by atoms with E-state index in [0.29, 0.717) is 5.56 Å². The van der Waals surface area contributed by atoms with E-state index in [2.05, 4.69) is 22.4 Å². The third-order valence-corrected chi connectivity index (χ3v) is 1.76. The fourth-order valence-corrected chi connectivity index (χ4v) is 1.09. The molecule has 1 heterocycles. The zero-order chi connectivity index (χ0) is 9.10. The van der Waals surface area contributed by atoms with E-state index in [1.54, 1.807) is 18.3 Å². The normalized spacial score (nSPS) is 9.46. The van der Waals surface area contributed by atoms with Crippen molar-refractivity contribution >= 4 is 0 Å². The maximum Gasteiger partial charge on any atom is 0.174 e. The lowest BCUT2D eigenvalue weighted by molar-refractivity contribution is 1.29. The highest BCUT2D eigenvalue weighted by molar-refractivity contribution is 5.58. The summed E-state index contributed by atoms with van der Waals surface area (Å²) in [6, 6.07) is 9.33. The molecule has 0 spiro atoms. The summed E-state index contributed by atoms with van der Waals surface area (Å²) in [5.74, 6) is 0. The fraction of sp³-hybridized carbons (Fsp3) is 0. The van der Waals surface area contributed by atoms with Crippen LogP contribution < -0.4 is 0 Å². The zero-order valence-electron chi connectivity index (χ0n) is 6.78. The average Bonchev–Trinajstić information content (AvgIpc) is 2.71. The molecule has 3 nitrogen and oxygen atoms in total. The third-order valence-electron chi connectivity index (χ3n) is 1.76. The lowest BCUT2D eigenvalue weighted by Crippen LogP contribution is -1.77. The highest BCUT2D eigenvalue weighted by Crippen LogP contribution is 2.15. The van der Waals surface area contributed by atoms with Crippen LogP contribution in [0.4, 0.5) is 0 Å². The van der Waals surface area contributed by atoms with Crippen molar-refractivity contribution < 1.29 is 0 Å². The number of nitrogens with one attached hydrogen (secondary N) is 1. The molecule has 0 saturated carbocycles. The second-order valence-electron chi connectivity index (χ2n) is 2.59. The predicted octanol–water partition coefficient (Wildman–Crippen LogP) is 1.75. The highest BCUT2D eigenvalue weighted by Gasteiger charge is 1.98. The first-order valence-corrected chi connectivity index (χ1v) is 3.82. The summed E-state index contributed by atoms with van der Waals surface area (Å²) < 4.78 is 0. The minimum atomic E-state index is 0.656. The summed E-state index contributed by atoms with van der Waals surface area (Å²) in [6.07, 6.45) is 4.38. The van der Waals surface area contributed by atoms with Gasteiger partial charge in [0.15, 0.2) is 6.33 Å². The molecule has 1 radical (unpaired) electrons. The van der Waals surface area contributed by atoms with Crippen molar-refractivity contribution in [1.82, 2.24) is 9.97 Å². The summed E-state index contributed by atoms with van der Waals surface area (Å²) >= 11 is 0. The number of hydrogen-bond acceptors (Lipinski definition) is 2. The van der Waals surface area contributed by atoms with Crippen molar-refractivity contribution in [3.05, 3.63) is 42.4 Å². The van der Waals surface area contributed by atoms with Crippen LogP contribution in [-0.2, 0) is 0 Å². The van der Waals surface area contributed by atoms with Gasteiger partial charge >= 0.3 is 0 Å². The molecule has 0 aliphatic carbocycles. The van der Waals surface area contributed by atoms with Crippen LogP contribution in [0, 0.1) is 17.7 Å². The number of nitriles is 1. The standard InChI is InChI=1S/C10H6N3/c11-5-8-1-3-9(4-2-8)10-6-12-7-13-10/h1-4,6H,(H,12,13). The molecule has 2 aromatic rings. The number of aromatic nitrogens is 2. The second-order valence-corrected chi connectivity index (χ2v) is 2.59. The molecule has 2 rings (SSSR count). The smallest absolute Gasteiger partial charge is 0.174 e. The molecule has 0 amide bonds. The maximum atomic E-state index is 8.58. The van der Waals surface area contributed by atoms with Gasteiger partial charge in [-0.05, 0) is 12.1 Å². The molecular weight excluding hydrogens is 162 g/mol. The molecule has 0 atom stereocenters. The Morgan fingerprint density at radius 2 is 2.08 bits per heavy atom. The number of hydrogen-bond donors (Lipinski definition) is 1. The lowest BCUT2D eigenvalue weighted by Gasteiger charge is -1.94. The van der Waals surface area contributed by atoms with Crippen molar-refractivity contribution in [3.63, 3.8) is 0 Å². The lowest BCUT2D eigenvalue weighted by atomic mass is 10.1. The molecule has 13 heavy (non-hydrogen) atoms. The summed E-state index contributed by atoms with van der Waals surface area (Å²) in [5, 5.41) is 8.58. The quantitative estimate of drug-likeness (QED) is 0.705. The van der Waals surface area contributed by atoms with E-state index in [-0.39, 0.29) is 0 Å². The zero-order valence-corrected chi connectivity index (χ0v) is 6.78. The fourth-order valence-electron chi connectivity index (χ4n) is 1.09. The van der Waals surface area contributed by atoms with Crippen LogP contribution >= 0.6 is 0 Å². The van der Waals surface area contributed by atoms with Crippen LogP contribution in [0.15, 0.2) is 30.5 Å².